The van der Waals surface area contributed by atoms with Gasteiger partial charge < -0.3 is 5.73 Å². The van der Waals surface area contributed by atoms with Gasteiger partial charge in [-0.15, -0.1) is 0 Å². The Hall–Kier alpha value is -1.86. The van der Waals surface area contributed by atoms with Gasteiger partial charge in [-0.25, -0.2) is 17.2 Å². The number of nitrogens with two attached hydrogens (primary N) is 1. The fourth-order valence-electron chi connectivity index (χ4n) is 1.75. The van der Waals surface area contributed by atoms with Crippen molar-refractivity contribution >= 4 is 33.0 Å². The van der Waals surface area contributed by atoms with Crippen LogP contribution in [0.5, 0.6) is 0 Å². The molecule has 0 aliphatic heterocycles. The van der Waals surface area contributed by atoms with E-state index in [9.17, 15) is 17.2 Å². The summed E-state index contributed by atoms with van der Waals surface area (Å²) in [6.07, 6.45) is 0. The minimum absolute atomic E-state index is 0.137. The average molecular weight is 333 g/mol. The zero-order valence-electron chi connectivity index (χ0n) is 10.8. The lowest BCUT2D eigenvalue weighted by Crippen LogP contribution is -2.17. The molecule has 8 heteroatoms. The molecule has 0 fully saturated rings. The predicted octanol–water partition coefficient (Wildman–Crippen LogP) is 3.31. The molecule has 0 bridgehead atoms. The third kappa shape index (κ3) is 3.08. The second kappa shape index (κ2) is 5.50. The Kier molecular flexibility index (Phi) is 4.06. The van der Waals surface area contributed by atoms with Gasteiger partial charge in [0.15, 0.2) is 4.90 Å². The molecule has 0 saturated heterocycles. The van der Waals surface area contributed by atoms with Gasteiger partial charge in [-0.05, 0) is 36.8 Å². The lowest BCUT2D eigenvalue weighted by Gasteiger charge is -2.12. The van der Waals surface area contributed by atoms with Gasteiger partial charge in [-0.1, -0.05) is 17.7 Å². The highest BCUT2D eigenvalue weighted by Gasteiger charge is 2.25. The minimum atomic E-state index is -4.44. The van der Waals surface area contributed by atoms with Gasteiger partial charge in [0.05, 0.1) is 5.69 Å². The first-order chi connectivity index (χ1) is 9.72. The van der Waals surface area contributed by atoms with Crippen molar-refractivity contribution in [1.82, 2.24) is 0 Å². The lowest BCUT2D eigenvalue weighted by molar-refractivity contribution is 0.522. The Morgan fingerprint density at radius 1 is 1.19 bits per heavy atom. The van der Waals surface area contributed by atoms with Crippen molar-refractivity contribution in [1.29, 1.82) is 0 Å². The molecule has 21 heavy (non-hydrogen) atoms. The molecule has 4 nitrogen and oxygen atoms in total. The summed E-state index contributed by atoms with van der Waals surface area (Å²) in [6.45, 7) is 1.58. The summed E-state index contributed by atoms with van der Waals surface area (Å²) >= 11 is 5.87. The predicted molar refractivity (Wildman–Crippen MR) is 77.8 cm³/mol. The number of benzene rings is 2. The first kappa shape index (κ1) is 15.5. The molecule has 0 radical (unpaired) electrons. The zero-order chi connectivity index (χ0) is 15.8. The summed E-state index contributed by atoms with van der Waals surface area (Å²) in [7, 11) is -4.44. The molecule has 2 aromatic rings. The van der Waals surface area contributed by atoms with E-state index >= 15 is 0 Å². The van der Waals surface area contributed by atoms with Crippen LogP contribution in [0, 0.1) is 18.6 Å². The van der Waals surface area contributed by atoms with Crippen LogP contribution in [-0.2, 0) is 10.0 Å². The zero-order valence-corrected chi connectivity index (χ0v) is 12.4. The maximum absolute atomic E-state index is 13.7. The number of nitrogen functional groups attached to an aromatic ring is 1. The van der Waals surface area contributed by atoms with E-state index in [1.165, 1.54) is 12.1 Å². The second-order valence-corrected chi connectivity index (χ2v) is 6.36. The van der Waals surface area contributed by atoms with E-state index < -0.39 is 26.6 Å². The molecule has 0 amide bonds. The molecule has 0 atom stereocenters. The summed E-state index contributed by atoms with van der Waals surface area (Å²) < 4.78 is 53.8. The topological polar surface area (TPSA) is 72.2 Å². The highest BCUT2D eigenvalue weighted by Crippen LogP contribution is 2.28. The summed E-state index contributed by atoms with van der Waals surface area (Å²) in [4.78, 5) is -1.09. The van der Waals surface area contributed by atoms with Crippen LogP contribution in [0.2, 0.25) is 5.02 Å². The molecule has 0 heterocycles. The molecule has 0 unspecified atom stereocenters. The summed E-state index contributed by atoms with van der Waals surface area (Å²) in [5.74, 6) is -2.53. The maximum Gasteiger partial charge on any atom is 0.267 e. The number of hydrogen-bond acceptors (Lipinski definition) is 3. The van der Waals surface area contributed by atoms with Crippen molar-refractivity contribution in [3.63, 3.8) is 0 Å². The Morgan fingerprint density at radius 2 is 1.76 bits per heavy atom. The molecular formula is C13H11ClF2N2O2S. The number of halogens is 3. The number of anilines is 2. The highest BCUT2D eigenvalue weighted by atomic mass is 35.5. The third-order valence-corrected chi connectivity index (χ3v) is 4.63. The number of sulfonamides is 1. The first-order valence-electron chi connectivity index (χ1n) is 5.75. The summed E-state index contributed by atoms with van der Waals surface area (Å²) in [5, 5.41) is 0.327. The second-order valence-electron chi connectivity index (χ2n) is 4.33. The molecule has 0 aromatic heterocycles. The van der Waals surface area contributed by atoms with Gasteiger partial charge in [0.25, 0.3) is 10.0 Å². The largest absolute Gasteiger partial charge is 0.399 e. The SMILES string of the molecule is Cc1c(Cl)cccc1NS(=O)(=O)c1c(F)cc(N)cc1F. The Labute approximate surface area is 125 Å². The third-order valence-electron chi connectivity index (χ3n) is 2.80. The van der Waals surface area contributed by atoms with Crippen molar-refractivity contribution in [3.05, 3.63) is 52.6 Å². The van der Waals surface area contributed by atoms with Gasteiger partial charge in [-0.2, -0.15) is 0 Å². The smallest absolute Gasteiger partial charge is 0.267 e. The molecule has 0 aliphatic rings. The Morgan fingerprint density at radius 3 is 2.33 bits per heavy atom. The van der Waals surface area contributed by atoms with E-state index in [1.807, 2.05) is 0 Å². The molecular weight excluding hydrogens is 322 g/mol. The first-order valence-corrected chi connectivity index (χ1v) is 7.61. The van der Waals surface area contributed by atoms with Gasteiger partial charge in [-0.3, -0.25) is 4.72 Å². The molecule has 0 spiro atoms. The van der Waals surface area contributed by atoms with Crippen molar-refractivity contribution in [2.45, 2.75) is 11.8 Å². The molecule has 3 N–H and O–H groups in total. The average Bonchev–Trinajstić information content (AvgIpc) is 2.33. The maximum atomic E-state index is 13.7. The van der Waals surface area contributed by atoms with Crippen LogP contribution < -0.4 is 10.5 Å². The fourth-order valence-corrected chi connectivity index (χ4v) is 3.17. The van der Waals surface area contributed by atoms with Gasteiger partial charge >= 0.3 is 0 Å². The summed E-state index contributed by atoms with van der Waals surface area (Å²) in [5.41, 5.74) is 5.63. The van der Waals surface area contributed by atoms with Crippen LogP contribution in [-0.4, -0.2) is 8.42 Å². The van der Waals surface area contributed by atoms with Crippen molar-refractivity contribution in [3.8, 4) is 0 Å². The van der Waals surface area contributed by atoms with Crippen molar-refractivity contribution in [2.75, 3.05) is 10.5 Å². The Balaban J connectivity index is 2.51. The normalized spacial score (nSPS) is 11.4. The van der Waals surface area contributed by atoms with Gasteiger partial charge in [0.1, 0.15) is 11.6 Å². The number of hydrogen-bond donors (Lipinski definition) is 2. The fraction of sp³-hybridized carbons (Fsp3) is 0.0769. The monoisotopic (exact) mass is 332 g/mol. The van der Waals surface area contributed by atoms with E-state index in [1.54, 1.807) is 13.0 Å². The Bertz CT molecular complexity index is 787. The van der Waals surface area contributed by atoms with E-state index in [0.717, 1.165) is 12.1 Å². The van der Waals surface area contributed by atoms with Crippen LogP contribution in [0.15, 0.2) is 35.2 Å². The van der Waals surface area contributed by atoms with Crippen LogP contribution in [0.3, 0.4) is 0 Å². The van der Waals surface area contributed by atoms with Crippen molar-refractivity contribution in [2.24, 2.45) is 0 Å². The number of nitrogens with one attached hydrogen (secondary N) is 1. The van der Waals surface area contributed by atoms with Crippen molar-refractivity contribution < 1.29 is 17.2 Å². The van der Waals surface area contributed by atoms with Crippen LogP contribution in [0.25, 0.3) is 0 Å². The van der Waals surface area contributed by atoms with Gasteiger partial charge in [0, 0.05) is 10.7 Å². The molecule has 2 aromatic carbocycles. The standard InChI is InChI=1S/C13H11ClF2N2O2S/c1-7-9(14)3-2-4-12(7)18-21(19,20)13-10(15)5-8(17)6-11(13)16/h2-6,18H,17H2,1H3. The molecule has 0 aliphatic carbocycles. The van der Waals surface area contributed by atoms with Crippen LogP contribution >= 0.6 is 11.6 Å². The van der Waals surface area contributed by atoms with Crippen LogP contribution in [0.1, 0.15) is 5.56 Å². The van der Waals surface area contributed by atoms with E-state index in [4.69, 9.17) is 17.3 Å². The molecule has 112 valence electrons. The van der Waals surface area contributed by atoms with Gasteiger partial charge in [0.2, 0.25) is 0 Å². The van der Waals surface area contributed by atoms with Crippen LogP contribution in [0.4, 0.5) is 20.2 Å². The molecule has 0 saturated carbocycles. The lowest BCUT2D eigenvalue weighted by atomic mass is 10.2. The van der Waals surface area contributed by atoms with E-state index in [-0.39, 0.29) is 11.4 Å². The quantitative estimate of drug-likeness (QED) is 0.847. The summed E-state index contributed by atoms with van der Waals surface area (Å²) in [6, 6.07) is 6.00. The highest BCUT2D eigenvalue weighted by molar-refractivity contribution is 7.92. The number of rotatable bonds is 3. The minimum Gasteiger partial charge on any atom is -0.399 e. The van der Waals surface area contributed by atoms with E-state index in [2.05, 4.69) is 4.72 Å². The van der Waals surface area contributed by atoms with E-state index in [0.29, 0.717) is 10.6 Å². The molecule has 2 rings (SSSR count).